The largest absolute Gasteiger partial charge is 0.399 e. The molecule has 1 aliphatic heterocycles. The summed E-state index contributed by atoms with van der Waals surface area (Å²) in [5.74, 6) is 6.49. The van der Waals surface area contributed by atoms with Crippen LogP contribution in [-0.2, 0) is 16.0 Å². The lowest BCUT2D eigenvalue weighted by Gasteiger charge is -2.34. The highest BCUT2D eigenvalue weighted by molar-refractivity contribution is 5.39. The van der Waals surface area contributed by atoms with Gasteiger partial charge in [-0.15, -0.1) is 0 Å². The Kier molecular flexibility index (Phi) is 9.51. The summed E-state index contributed by atoms with van der Waals surface area (Å²) in [5.41, 5.74) is 7.90. The number of nitrogens with two attached hydrogens (primary N) is 1. The molecule has 2 rings (SSSR count). The number of nitrogens with zero attached hydrogens (tertiary/aromatic N) is 2. The lowest BCUT2D eigenvalue weighted by Crippen LogP contribution is -2.46. The highest BCUT2D eigenvalue weighted by Crippen LogP contribution is 2.10. The first-order chi connectivity index (χ1) is 12.6. The zero-order chi connectivity index (χ0) is 18.6. The Labute approximate surface area is 158 Å². The van der Waals surface area contributed by atoms with E-state index in [4.69, 9.17) is 15.2 Å². The Morgan fingerprint density at radius 1 is 0.962 bits per heavy atom. The number of anilines is 1. The molecule has 0 amide bonds. The molecule has 0 bridgehead atoms. The third kappa shape index (κ3) is 8.68. The van der Waals surface area contributed by atoms with Gasteiger partial charge in [0.15, 0.2) is 0 Å². The summed E-state index contributed by atoms with van der Waals surface area (Å²) in [7, 11) is 0. The third-order valence-electron chi connectivity index (χ3n) is 4.34. The molecule has 0 radical (unpaired) electrons. The molecule has 1 aliphatic rings. The van der Waals surface area contributed by atoms with Gasteiger partial charge in [-0.05, 0) is 17.7 Å². The van der Waals surface area contributed by atoms with Gasteiger partial charge >= 0.3 is 0 Å². The van der Waals surface area contributed by atoms with E-state index in [-0.39, 0.29) is 0 Å². The van der Waals surface area contributed by atoms with Crippen LogP contribution in [-0.4, -0.2) is 69.0 Å². The molecule has 1 heterocycles. The van der Waals surface area contributed by atoms with Crippen LogP contribution >= 0.6 is 0 Å². The van der Waals surface area contributed by atoms with Crippen molar-refractivity contribution in [2.45, 2.75) is 20.4 Å². The predicted octanol–water partition coefficient (Wildman–Crippen LogP) is 2.08. The van der Waals surface area contributed by atoms with Crippen LogP contribution in [0.1, 0.15) is 19.4 Å². The first-order valence-electron chi connectivity index (χ1n) is 9.56. The van der Waals surface area contributed by atoms with Crippen LogP contribution < -0.4 is 5.73 Å². The van der Waals surface area contributed by atoms with Gasteiger partial charge in [-0.1, -0.05) is 37.8 Å². The SMILES string of the molecule is CC(C)C#CCOCCOCCN1CCN(Cc2ccc(N)cc2)CC1. The van der Waals surface area contributed by atoms with Gasteiger partial charge in [0.1, 0.15) is 6.61 Å². The quantitative estimate of drug-likeness (QED) is 0.416. The Bertz CT molecular complexity index is 555. The van der Waals surface area contributed by atoms with Crippen LogP contribution in [0.25, 0.3) is 0 Å². The normalized spacial score (nSPS) is 15.8. The van der Waals surface area contributed by atoms with Crippen LogP contribution in [0.5, 0.6) is 0 Å². The molecule has 1 aromatic rings. The van der Waals surface area contributed by atoms with Crippen molar-refractivity contribution in [3.05, 3.63) is 29.8 Å². The molecule has 144 valence electrons. The van der Waals surface area contributed by atoms with E-state index in [0.29, 0.717) is 25.7 Å². The van der Waals surface area contributed by atoms with Gasteiger partial charge in [-0.25, -0.2) is 0 Å². The fourth-order valence-electron chi connectivity index (χ4n) is 2.83. The standard InChI is InChI=1S/C21H33N3O2/c1-19(2)4-3-14-25-16-17-26-15-13-23-9-11-24(12-10-23)18-20-5-7-21(22)8-6-20/h5-8,19H,9-18,22H2,1-2H3. The molecule has 0 aliphatic carbocycles. The van der Waals surface area contributed by atoms with Crippen molar-refractivity contribution in [2.75, 3.05) is 64.9 Å². The number of benzene rings is 1. The second-order valence-corrected chi connectivity index (χ2v) is 7.00. The van der Waals surface area contributed by atoms with Crippen molar-refractivity contribution in [3.63, 3.8) is 0 Å². The van der Waals surface area contributed by atoms with Crippen molar-refractivity contribution in [1.29, 1.82) is 0 Å². The van der Waals surface area contributed by atoms with E-state index in [0.717, 1.165) is 51.6 Å². The van der Waals surface area contributed by atoms with Crippen LogP contribution in [0.15, 0.2) is 24.3 Å². The molecule has 0 saturated carbocycles. The summed E-state index contributed by atoms with van der Waals surface area (Å²) in [6, 6.07) is 8.19. The molecule has 1 saturated heterocycles. The average Bonchev–Trinajstić information content (AvgIpc) is 2.63. The number of hydrogen-bond acceptors (Lipinski definition) is 5. The second-order valence-electron chi connectivity index (χ2n) is 7.00. The number of nitrogen functional groups attached to an aromatic ring is 1. The highest BCUT2D eigenvalue weighted by atomic mass is 16.5. The summed E-state index contributed by atoms with van der Waals surface area (Å²) in [6.07, 6.45) is 0. The van der Waals surface area contributed by atoms with Gasteiger partial charge in [0, 0.05) is 50.9 Å². The summed E-state index contributed by atoms with van der Waals surface area (Å²) < 4.78 is 11.1. The molecule has 0 unspecified atom stereocenters. The van der Waals surface area contributed by atoms with Crippen molar-refractivity contribution >= 4 is 5.69 Å². The van der Waals surface area contributed by atoms with Gasteiger partial charge in [0.05, 0.1) is 19.8 Å². The van der Waals surface area contributed by atoms with Crippen molar-refractivity contribution in [1.82, 2.24) is 9.80 Å². The van der Waals surface area contributed by atoms with Crippen molar-refractivity contribution < 1.29 is 9.47 Å². The van der Waals surface area contributed by atoms with E-state index in [1.807, 2.05) is 12.1 Å². The van der Waals surface area contributed by atoms with E-state index in [1.54, 1.807) is 0 Å². The maximum atomic E-state index is 5.74. The molecule has 0 atom stereocenters. The predicted molar refractivity (Wildman–Crippen MR) is 107 cm³/mol. The van der Waals surface area contributed by atoms with Gasteiger partial charge in [0.2, 0.25) is 0 Å². The fraction of sp³-hybridized carbons (Fsp3) is 0.619. The lowest BCUT2D eigenvalue weighted by molar-refractivity contribution is 0.0391. The maximum Gasteiger partial charge on any atom is 0.107 e. The van der Waals surface area contributed by atoms with E-state index >= 15 is 0 Å². The monoisotopic (exact) mass is 359 g/mol. The summed E-state index contributed by atoms with van der Waals surface area (Å²) >= 11 is 0. The Morgan fingerprint density at radius 3 is 2.31 bits per heavy atom. The third-order valence-corrected chi connectivity index (χ3v) is 4.34. The van der Waals surface area contributed by atoms with Crippen LogP contribution in [0.4, 0.5) is 5.69 Å². The van der Waals surface area contributed by atoms with E-state index in [9.17, 15) is 0 Å². The minimum Gasteiger partial charge on any atom is -0.399 e. The number of ether oxygens (including phenoxy) is 2. The Hall–Kier alpha value is -1.58. The molecular formula is C21H33N3O2. The molecule has 26 heavy (non-hydrogen) atoms. The second kappa shape index (κ2) is 11.9. The van der Waals surface area contributed by atoms with Crippen LogP contribution in [0.2, 0.25) is 0 Å². The van der Waals surface area contributed by atoms with Crippen molar-refractivity contribution in [2.24, 2.45) is 5.92 Å². The van der Waals surface area contributed by atoms with Crippen LogP contribution in [0.3, 0.4) is 0 Å². The van der Waals surface area contributed by atoms with Gasteiger partial charge in [-0.2, -0.15) is 0 Å². The molecule has 5 nitrogen and oxygen atoms in total. The number of rotatable bonds is 9. The Balaban J connectivity index is 1.48. The van der Waals surface area contributed by atoms with E-state index in [1.165, 1.54) is 5.56 Å². The van der Waals surface area contributed by atoms with Gasteiger partial charge in [-0.3, -0.25) is 9.80 Å². The number of piperazine rings is 1. The molecule has 5 heteroatoms. The molecular weight excluding hydrogens is 326 g/mol. The zero-order valence-electron chi connectivity index (χ0n) is 16.2. The summed E-state index contributed by atoms with van der Waals surface area (Å²) in [5, 5.41) is 0. The first kappa shape index (κ1) is 20.7. The maximum absolute atomic E-state index is 5.74. The average molecular weight is 360 g/mol. The van der Waals surface area contributed by atoms with Crippen LogP contribution in [0, 0.1) is 17.8 Å². The summed E-state index contributed by atoms with van der Waals surface area (Å²) in [6.45, 7) is 13.1. The molecule has 2 N–H and O–H groups in total. The number of hydrogen-bond donors (Lipinski definition) is 1. The highest BCUT2D eigenvalue weighted by Gasteiger charge is 2.16. The minimum absolute atomic E-state index is 0.404. The van der Waals surface area contributed by atoms with Gasteiger partial charge < -0.3 is 15.2 Å². The fourth-order valence-corrected chi connectivity index (χ4v) is 2.83. The minimum atomic E-state index is 0.404. The van der Waals surface area contributed by atoms with E-state index in [2.05, 4.69) is 47.6 Å². The molecule has 0 aromatic heterocycles. The smallest absolute Gasteiger partial charge is 0.107 e. The van der Waals surface area contributed by atoms with Crippen molar-refractivity contribution in [3.8, 4) is 11.8 Å². The van der Waals surface area contributed by atoms with Gasteiger partial charge in [0.25, 0.3) is 0 Å². The molecule has 1 fully saturated rings. The van der Waals surface area contributed by atoms with E-state index < -0.39 is 0 Å². The topological polar surface area (TPSA) is 51.0 Å². The summed E-state index contributed by atoms with van der Waals surface area (Å²) in [4.78, 5) is 4.96. The zero-order valence-corrected chi connectivity index (χ0v) is 16.2. The first-order valence-corrected chi connectivity index (χ1v) is 9.56. The molecule has 0 spiro atoms. The Morgan fingerprint density at radius 2 is 1.62 bits per heavy atom. The molecule has 1 aromatic carbocycles. The lowest BCUT2D eigenvalue weighted by atomic mass is 10.2.